The van der Waals surface area contributed by atoms with E-state index in [9.17, 15) is 36.9 Å². The van der Waals surface area contributed by atoms with Crippen molar-refractivity contribution in [2.75, 3.05) is 38.6 Å². The highest BCUT2D eigenvalue weighted by molar-refractivity contribution is 7.85. The maximum absolute atomic E-state index is 13.2. The van der Waals surface area contributed by atoms with Crippen molar-refractivity contribution in [3.8, 4) is 0 Å². The zero-order valence-corrected chi connectivity index (χ0v) is 24.9. The predicted molar refractivity (Wildman–Crippen MR) is 161 cm³/mol. The first kappa shape index (κ1) is 33.1. The molecule has 0 spiro atoms. The molecule has 4 N–H and O–H groups in total. The molecule has 0 aliphatic carbocycles. The van der Waals surface area contributed by atoms with Gasteiger partial charge in [-0.3, -0.25) is 43.4 Å². The Bertz CT molecular complexity index is 1730. The molecular weight excluding hydrogens is 608 g/mol. The first-order valence-electron chi connectivity index (χ1n) is 14.1. The molecule has 0 saturated heterocycles. The second-order valence-corrected chi connectivity index (χ2v) is 11.5. The van der Waals surface area contributed by atoms with Gasteiger partial charge in [-0.05, 0) is 25.0 Å². The topological polar surface area (TPSA) is 214 Å². The Morgan fingerprint density at radius 2 is 1.67 bits per heavy atom. The Morgan fingerprint density at radius 3 is 2.42 bits per heavy atom. The van der Waals surface area contributed by atoms with Crippen molar-refractivity contribution in [3.05, 3.63) is 60.4 Å². The third kappa shape index (κ3) is 9.34. The molecule has 3 aromatic rings. The van der Waals surface area contributed by atoms with E-state index in [4.69, 9.17) is 4.74 Å². The largest absolute Gasteiger partial charge is 0.378 e. The molecule has 1 atom stereocenters. The van der Waals surface area contributed by atoms with Crippen molar-refractivity contribution in [2.24, 2.45) is 0 Å². The summed E-state index contributed by atoms with van der Waals surface area (Å²) in [6.45, 7) is 0.767. The molecule has 0 radical (unpaired) electrons. The van der Waals surface area contributed by atoms with Crippen LogP contribution in [-0.4, -0.2) is 102 Å². The summed E-state index contributed by atoms with van der Waals surface area (Å²) < 4.78 is 38.0. The van der Waals surface area contributed by atoms with Crippen LogP contribution in [0.4, 0.5) is 0 Å². The van der Waals surface area contributed by atoms with Crippen LogP contribution in [0.5, 0.6) is 0 Å². The van der Waals surface area contributed by atoms with Crippen molar-refractivity contribution in [1.82, 2.24) is 30.8 Å². The second-order valence-electron chi connectivity index (χ2n) is 10.0. The molecule has 1 unspecified atom stereocenters. The van der Waals surface area contributed by atoms with Gasteiger partial charge in [-0.25, -0.2) is 0 Å². The van der Waals surface area contributed by atoms with Gasteiger partial charge < -0.3 is 20.7 Å². The number of carbonyl (C=O) groups is 5. The molecule has 0 saturated carbocycles. The molecule has 4 rings (SSSR count). The lowest BCUT2D eigenvalue weighted by atomic mass is 10.1. The van der Waals surface area contributed by atoms with Gasteiger partial charge in [-0.2, -0.15) is 8.42 Å². The van der Waals surface area contributed by atoms with Crippen molar-refractivity contribution in [1.29, 1.82) is 0 Å². The summed E-state index contributed by atoms with van der Waals surface area (Å²) in [6, 6.07) is 6.91. The fraction of sp³-hybridized carbons (Fsp3) is 0.345. The second kappa shape index (κ2) is 15.3. The molecule has 45 heavy (non-hydrogen) atoms. The van der Waals surface area contributed by atoms with Crippen molar-refractivity contribution in [3.63, 3.8) is 0 Å². The Morgan fingerprint density at radius 1 is 0.911 bits per heavy atom. The van der Waals surface area contributed by atoms with Gasteiger partial charge in [0.2, 0.25) is 11.8 Å². The third-order valence-electron chi connectivity index (χ3n) is 6.78. The van der Waals surface area contributed by atoms with E-state index in [1.54, 1.807) is 24.4 Å². The Kier molecular flexibility index (Phi) is 11.2. The Balaban J connectivity index is 1.20. The number of aromatic nitrogens is 2. The summed E-state index contributed by atoms with van der Waals surface area (Å²) >= 11 is 0. The molecule has 15 nitrogen and oxygen atoms in total. The van der Waals surface area contributed by atoms with Crippen LogP contribution in [0.25, 0.3) is 21.8 Å². The fourth-order valence-electron chi connectivity index (χ4n) is 4.59. The molecule has 238 valence electrons. The number of fused-ring (bicyclic) bond motifs is 3. The minimum atomic E-state index is -4.63. The minimum absolute atomic E-state index is 0.0890. The van der Waals surface area contributed by atoms with Crippen LogP contribution >= 0.6 is 0 Å². The number of amides is 5. The lowest BCUT2D eigenvalue weighted by molar-refractivity contribution is -0.137. The number of nitrogens with one attached hydrogen (secondary N) is 3. The van der Waals surface area contributed by atoms with Crippen molar-refractivity contribution in [2.45, 2.75) is 25.3 Å². The number of ether oxygens (including phenoxy) is 1. The summed E-state index contributed by atoms with van der Waals surface area (Å²) in [6.07, 6.45) is 6.32. The van der Waals surface area contributed by atoms with E-state index < -0.39 is 45.5 Å². The average Bonchev–Trinajstić information content (AvgIpc) is 3.33. The highest BCUT2D eigenvalue weighted by atomic mass is 32.2. The molecule has 16 heteroatoms. The maximum atomic E-state index is 13.2. The number of unbranched alkanes of at least 4 members (excludes halogenated alkanes) is 1. The van der Waals surface area contributed by atoms with Crippen LogP contribution in [0, 0.1) is 0 Å². The summed E-state index contributed by atoms with van der Waals surface area (Å²) in [5, 5.41) is 8.86. The SMILES string of the molecule is O=C(CCCCNC(=O)C(CS(=O)(=O)O)NC(=O)c1ccnc2c1ccc1cccnc12)NCCOCCN1C(=O)C=CC1=O. The number of hydrogen-bond donors (Lipinski definition) is 4. The first-order chi connectivity index (χ1) is 21.5. The number of carbonyl (C=O) groups excluding carboxylic acids is 5. The fourth-order valence-corrected chi connectivity index (χ4v) is 5.24. The molecule has 0 fully saturated rings. The highest BCUT2D eigenvalue weighted by Gasteiger charge is 2.27. The van der Waals surface area contributed by atoms with Gasteiger partial charge >= 0.3 is 0 Å². The van der Waals surface area contributed by atoms with E-state index >= 15 is 0 Å². The molecule has 5 amide bonds. The Hall–Kier alpha value is -4.80. The van der Waals surface area contributed by atoms with Crippen LogP contribution in [-0.2, 0) is 34.0 Å². The van der Waals surface area contributed by atoms with E-state index in [0.29, 0.717) is 29.3 Å². The summed E-state index contributed by atoms with van der Waals surface area (Å²) in [4.78, 5) is 70.7. The van der Waals surface area contributed by atoms with Crippen LogP contribution in [0.3, 0.4) is 0 Å². The molecule has 2 aromatic heterocycles. The molecule has 1 aliphatic rings. The molecule has 1 aliphatic heterocycles. The first-order valence-corrected chi connectivity index (χ1v) is 15.7. The number of pyridine rings is 2. The normalized spacial score (nSPS) is 13.8. The molecule has 3 heterocycles. The van der Waals surface area contributed by atoms with Crippen molar-refractivity contribution < 1.29 is 41.7 Å². The van der Waals surface area contributed by atoms with E-state index in [0.717, 1.165) is 10.3 Å². The van der Waals surface area contributed by atoms with E-state index in [1.165, 1.54) is 24.4 Å². The smallest absolute Gasteiger partial charge is 0.267 e. The molecular formula is C29H32N6O9S. The molecule has 0 bridgehead atoms. The van der Waals surface area contributed by atoms with Crippen LogP contribution in [0.15, 0.2) is 54.9 Å². The standard InChI is InChI=1S/C29H32N6O9S/c36-23(30-14-16-44-17-15-35-24(37)8-9-25(35)38)5-1-2-11-33-29(40)22(18-45(41,42)43)34-28(39)21-10-13-32-27-20(21)7-6-19-4-3-12-31-26(19)27/h3-4,6-10,12-13,22H,1-2,5,11,14-18H2,(H,30,36)(H,33,40)(H,34,39)(H,41,42,43). The monoisotopic (exact) mass is 640 g/mol. The lowest BCUT2D eigenvalue weighted by Gasteiger charge is -2.18. The lowest BCUT2D eigenvalue weighted by Crippen LogP contribution is -2.50. The van der Waals surface area contributed by atoms with Gasteiger partial charge in [0.1, 0.15) is 11.8 Å². The maximum Gasteiger partial charge on any atom is 0.267 e. The van der Waals surface area contributed by atoms with E-state index in [2.05, 4.69) is 25.9 Å². The summed E-state index contributed by atoms with van der Waals surface area (Å²) in [7, 11) is -4.63. The van der Waals surface area contributed by atoms with Gasteiger partial charge in [0.25, 0.3) is 27.8 Å². The third-order valence-corrected chi connectivity index (χ3v) is 7.54. The predicted octanol–water partition coefficient (Wildman–Crippen LogP) is 0.114. The Labute approximate surface area is 258 Å². The van der Waals surface area contributed by atoms with E-state index in [1.807, 2.05) is 6.07 Å². The van der Waals surface area contributed by atoms with E-state index in [-0.39, 0.29) is 50.7 Å². The molecule has 1 aromatic carbocycles. The zero-order chi connectivity index (χ0) is 32.4. The van der Waals surface area contributed by atoms with Gasteiger partial charge in [-0.15, -0.1) is 0 Å². The number of rotatable bonds is 16. The van der Waals surface area contributed by atoms with Gasteiger partial charge in [-0.1, -0.05) is 18.2 Å². The van der Waals surface area contributed by atoms with Crippen molar-refractivity contribution >= 4 is 61.5 Å². The van der Waals surface area contributed by atoms with Gasteiger partial charge in [0.05, 0.1) is 36.4 Å². The highest BCUT2D eigenvalue weighted by Crippen LogP contribution is 2.24. The number of imide groups is 1. The summed E-state index contributed by atoms with van der Waals surface area (Å²) in [5.41, 5.74) is 1.17. The quantitative estimate of drug-likeness (QED) is 0.0714. The number of hydrogen-bond acceptors (Lipinski definition) is 10. The van der Waals surface area contributed by atoms with Crippen LogP contribution in [0.1, 0.15) is 29.6 Å². The van der Waals surface area contributed by atoms with Gasteiger partial charge in [0, 0.05) is 54.8 Å². The number of nitrogens with zero attached hydrogens (tertiary/aromatic N) is 3. The average molecular weight is 641 g/mol. The zero-order valence-electron chi connectivity index (χ0n) is 24.1. The van der Waals surface area contributed by atoms with Gasteiger partial charge in [0.15, 0.2) is 0 Å². The summed E-state index contributed by atoms with van der Waals surface area (Å²) in [5.74, 6) is -3.62. The number of benzene rings is 1. The minimum Gasteiger partial charge on any atom is -0.378 e. The van der Waals surface area contributed by atoms with Crippen LogP contribution < -0.4 is 16.0 Å². The van der Waals surface area contributed by atoms with Crippen LogP contribution in [0.2, 0.25) is 0 Å².